The van der Waals surface area contributed by atoms with Gasteiger partial charge in [-0.05, 0) is 68.7 Å². The summed E-state index contributed by atoms with van der Waals surface area (Å²) in [5, 5.41) is 14.5. The van der Waals surface area contributed by atoms with Crippen molar-refractivity contribution in [2.45, 2.75) is 82.7 Å². The second-order valence-corrected chi connectivity index (χ2v) is 15.5. The highest BCUT2D eigenvalue weighted by Gasteiger charge is 2.64. The molecule has 3 heterocycles. The molecule has 57 heavy (non-hydrogen) atoms. The van der Waals surface area contributed by atoms with E-state index >= 15 is 0 Å². The smallest absolute Gasteiger partial charge is 0.409 e. The minimum Gasteiger partial charge on any atom is -0.495 e. The summed E-state index contributed by atoms with van der Waals surface area (Å²) < 4.78 is 29.1. The number of methoxy groups -OCH3 is 2. The topological polar surface area (TPSA) is 209 Å². The van der Waals surface area contributed by atoms with Gasteiger partial charge in [-0.15, -0.1) is 0 Å². The number of aliphatic hydroxyl groups is 1. The van der Waals surface area contributed by atoms with Crippen molar-refractivity contribution in [1.82, 2.24) is 10.2 Å². The Bertz CT molecular complexity index is 2000. The maximum Gasteiger partial charge on any atom is 0.409 e. The zero-order valence-electron chi connectivity index (χ0n) is 33.5. The van der Waals surface area contributed by atoms with Crippen LogP contribution >= 0.6 is 11.6 Å². The van der Waals surface area contributed by atoms with Gasteiger partial charge in [-0.2, -0.15) is 0 Å². The van der Waals surface area contributed by atoms with Crippen LogP contribution in [0.4, 0.5) is 16.2 Å². The first-order valence-corrected chi connectivity index (χ1v) is 18.8. The molecule has 2 fully saturated rings. The minimum atomic E-state index is -1.85. The fourth-order valence-electron chi connectivity index (χ4n) is 7.37. The Hall–Kier alpha value is -5.09. The van der Waals surface area contributed by atoms with E-state index in [4.69, 9.17) is 46.8 Å². The van der Waals surface area contributed by atoms with Gasteiger partial charge in [0.15, 0.2) is 5.72 Å². The fraction of sp³-hybridized carbons (Fsp3) is 0.463. The number of anilines is 2. The quantitative estimate of drug-likeness (QED) is 0.175. The summed E-state index contributed by atoms with van der Waals surface area (Å²) in [7, 11) is 5.90. The zero-order chi connectivity index (χ0) is 42.0. The Morgan fingerprint density at radius 3 is 2.58 bits per heavy atom. The van der Waals surface area contributed by atoms with Gasteiger partial charge in [-0.3, -0.25) is 19.7 Å². The number of ether oxygens (including phenoxy) is 5. The van der Waals surface area contributed by atoms with Gasteiger partial charge < -0.3 is 50.1 Å². The average molecular weight is 810 g/mol. The largest absolute Gasteiger partial charge is 0.495 e. The normalized spacial score (nSPS) is 29.5. The van der Waals surface area contributed by atoms with Crippen LogP contribution in [0.25, 0.3) is 6.08 Å². The van der Waals surface area contributed by atoms with Crippen molar-refractivity contribution in [2.24, 2.45) is 11.7 Å². The van der Waals surface area contributed by atoms with Crippen LogP contribution in [-0.4, -0.2) is 104 Å². The highest BCUT2D eigenvalue weighted by molar-refractivity contribution is 6.35. The van der Waals surface area contributed by atoms with Crippen molar-refractivity contribution < 1.29 is 48.0 Å². The number of nitrogens with zero attached hydrogens (tertiary/aromatic N) is 2. The molecule has 7 atom stereocenters. The number of allylic oxidation sites excluding steroid dienone is 4. The molecule has 308 valence electrons. The lowest BCUT2D eigenvalue weighted by atomic mass is 9.83. The number of epoxide rings is 1. The number of hydrogen-bond acceptors (Lipinski definition) is 12. The molecule has 0 aromatic heterocycles. The standard InChI is InChI=1S/C41H52ClN5O10/c1-22-10-9-11-32(54-8)41(52)20-31(55-39(51)45-41)24(3)37-40(4,57-37)33(19-34(48)47(6)29-16-25(14-22)17-30(53-7)36(29)42)56-35(49)21-46(5)38(50)27-13-12-26(15-23(2)43)28(44)18-27/h9-13,15-18,24,31-33,37,52H,14,19-21,43-44H2,1-8H3,(H,45,51)/b11-9+,22-10+,23-15+/t24-,31+,32-,33+,37+,40+,41+/m1/s1. The van der Waals surface area contributed by atoms with Crippen LogP contribution in [0.3, 0.4) is 0 Å². The summed E-state index contributed by atoms with van der Waals surface area (Å²) in [4.78, 5) is 56.6. The lowest BCUT2D eigenvalue weighted by Crippen LogP contribution is -2.63. The van der Waals surface area contributed by atoms with Crippen LogP contribution in [0.1, 0.15) is 62.0 Å². The molecule has 0 saturated carbocycles. The predicted molar refractivity (Wildman–Crippen MR) is 214 cm³/mol. The number of benzene rings is 2. The Labute approximate surface area is 337 Å². The number of esters is 1. The SMILES string of the molecule is COc1cc2cc(c1Cl)N(C)C(=O)C[C@H](OC(=O)CN(C)C(=O)c1ccc(/C=C(\C)N)c(N)c1)[C@]1(C)O[C@H]1[C@H](C)[C@@H]1C[C@@](O)(NC(=O)O1)[C@H](OC)/C=C/C=C(\C)C2. The van der Waals surface area contributed by atoms with Gasteiger partial charge in [0.25, 0.3) is 5.91 Å². The Morgan fingerprint density at radius 2 is 1.93 bits per heavy atom. The molecule has 0 unspecified atom stereocenters. The van der Waals surface area contributed by atoms with Crippen LogP contribution < -0.4 is 26.4 Å². The van der Waals surface area contributed by atoms with Crippen molar-refractivity contribution in [3.63, 3.8) is 0 Å². The summed E-state index contributed by atoms with van der Waals surface area (Å²) in [5.74, 6) is -1.96. The van der Waals surface area contributed by atoms with E-state index in [0.29, 0.717) is 34.8 Å². The van der Waals surface area contributed by atoms with Crippen LogP contribution in [0.15, 0.2) is 59.8 Å². The monoisotopic (exact) mass is 809 g/mol. The summed E-state index contributed by atoms with van der Waals surface area (Å²) in [5.41, 5.74) is 12.7. The van der Waals surface area contributed by atoms with Crippen LogP contribution in [0.5, 0.6) is 5.75 Å². The van der Waals surface area contributed by atoms with Crippen molar-refractivity contribution in [3.05, 3.63) is 81.5 Å². The highest BCUT2D eigenvalue weighted by Crippen LogP contribution is 2.49. The number of fused-ring (bicyclic) bond motifs is 5. The summed E-state index contributed by atoms with van der Waals surface area (Å²) in [6.45, 7) is 6.64. The molecule has 0 aliphatic carbocycles. The van der Waals surface area contributed by atoms with E-state index in [1.54, 1.807) is 70.3 Å². The predicted octanol–water partition coefficient (Wildman–Crippen LogP) is 4.34. The summed E-state index contributed by atoms with van der Waals surface area (Å²) >= 11 is 6.77. The van der Waals surface area contributed by atoms with E-state index in [9.17, 15) is 24.3 Å². The number of hydrogen-bond donors (Lipinski definition) is 4. The Kier molecular flexibility index (Phi) is 13.0. The number of nitrogens with one attached hydrogen (secondary N) is 1. The molecule has 3 amide bonds. The number of amides is 3. The van der Waals surface area contributed by atoms with E-state index < -0.39 is 72.1 Å². The molecular weight excluding hydrogens is 758 g/mol. The second-order valence-electron chi connectivity index (χ2n) is 15.2. The molecule has 0 radical (unpaired) electrons. The maximum absolute atomic E-state index is 14.2. The third-order valence-electron chi connectivity index (χ3n) is 10.7. The van der Waals surface area contributed by atoms with Crippen molar-refractivity contribution >= 4 is 52.9 Å². The van der Waals surface area contributed by atoms with Crippen LogP contribution in [0, 0.1) is 5.92 Å². The number of carbonyl (C=O) groups is 4. The van der Waals surface area contributed by atoms with E-state index in [1.165, 1.54) is 37.1 Å². The molecule has 2 saturated heterocycles. The van der Waals surface area contributed by atoms with Gasteiger partial charge in [0.1, 0.15) is 41.2 Å². The molecule has 5 rings (SSSR count). The van der Waals surface area contributed by atoms with E-state index in [2.05, 4.69) is 5.32 Å². The first kappa shape index (κ1) is 43.0. The van der Waals surface area contributed by atoms with E-state index in [1.807, 2.05) is 13.0 Å². The van der Waals surface area contributed by atoms with Crippen LogP contribution in [0.2, 0.25) is 5.02 Å². The number of nitrogens with two attached hydrogens (primary N) is 2. The molecule has 3 aliphatic rings. The van der Waals surface area contributed by atoms with E-state index in [-0.39, 0.29) is 23.4 Å². The summed E-state index contributed by atoms with van der Waals surface area (Å²) in [6, 6.07) is 8.29. The molecule has 4 bridgehead atoms. The molecule has 16 heteroatoms. The second kappa shape index (κ2) is 17.2. The first-order valence-electron chi connectivity index (χ1n) is 18.5. The molecule has 0 spiro atoms. The number of alkyl carbamates (subject to hydrolysis) is 1. The zero-order valence-corrected chi connectivity index (χ0v) is 34.2. The number of carbonyl (C=O) groups excluding carboxylic acids is 4. The summed E-state index contributed by atoms with van der Waals surface area (Å²) in [6.07, 6.45) is 2.38. The number of rotatable bonds is 7. The molecule has 2 aromatic carbocycles. The minimum absolute atomic E-state index is 0.0713. The van der Waals surface area contributed by atoms with Gasteiger partial charge in [0, 0.05) is 50.5 Å². The highest BCUT2D eigenvalue weighted by atomic mass is 35.5. The average Bonchev–Trinajstić information content (AvgIpc) is 3.84. The fourth-order valence-corrected chi connectivity index (χ4v) is 7.68. The van der Waals surface area contributed by atoms with Crippen LogP contribution in [-0.2, 0) is 35.0 Å². The van der Waals surface area contributed by atoms with Gasteiger partial charge in [-0.1, -0.05) is 48.4 Å². The molecule has 15 nitrogen and oxygen atoms in total. The third kappa shape index (κ3) is 9.55. The third-order valence-corrected chi connectivity index (χ3v) is 11.0. The number of halogens is 1. The van der Waals surface area contributed by atoms with Crippen molar-refractivity contribution in [2.75, 3.05) is 45.5 Å². The van der Waals surface area contributed by atoms with Gasteiger partial charge in [0.2, 0.25) is 5.91 Å². The first-order chi connectivity index (χ1) is 26.8. The van der Waals surface area contributed by atoms with Gasteiger partial charge in [-0.25, -0.2) is 4.79 Å². The van der Waals surface area contributed by atoms with Gasteiger partial charge in [0.05, 0.1) is 25.3 Å². The molecule has 2 aromatic rings. The number of nitrogen functional groups attached to an aromatic ring is 1. The molecule has 3 aliphatic heterocycles. The molecule has 6 N–H and O–H groups in total. The van der Waals surface area contributed by atoms with Gasteiger partial charge >= 0.3 is 12.1 Å². The maximum atomic E-state index is 14.2. The lowest BCUT2D eigenvalue weighted by Gasteiger charge is -2.42. The van der Waals surface area contributed by atoms with Crippen molar-refractivity contribution in [3.8, 4) is 5.75 Å². The lowest BCUT2D eigenvalue weighted by molar-refractivity contribution is -0.154. The van der Waals surface area contributed by atoms with Crippen molar-refractivity contribution in [1.29, 1.82) is 0 Å². The number of likely N-dealkylation sites (N-methyl/N-ethyl adjacent to an activating group) is 1. The molecular formula is C41H52ClN5O10. The van der Waals surface area contributed by atoms with E-state index in [0.717, 1.165) is 11.1 Å². The Balaban J connectivity index is 1.48. The Morgan fingerprint density at radius 1 is 1.21 bits per heavy atom.